The summed E-state index contributed by atoms with van der Waals surface area (Å²) >= 11 is 6.02. The second kappa shape index (κ2) is 6.96. The van der Waals surface area contributed by atoms with E-state index >= 15 is 0 Å². The first-order valence-electron chi connectivity index (χ1n) is 6.46. The maximum atomic E-state index is 11.7. The second-order valence-corrected chi connectivity index (χ2v) is 5.02. The number of carbonyl (C=O) groups excluding carboxylic acids is 1. The average Bonchev–Trinajstić information content (AvgIpc) is 2.46. The normalized spacial score (nSPS) is 10.1. The van der Waals surface area contributed by atoms with E-state index in [4.69, 9.17) is 11.6 Å². The Morgan fingerprint density at radius 3 is 2.35 bits per heavy atom. The minimum atomic E-state index is -0.203. The Morgan fingerprint density at radius 1 is 1.00 bits per heavy atom. The number of carbonyl (C=O) groups is 1. The molecule has 0 aliphatic rings. The first kappa shape index (κ1) is 14.4. The number of rotatable bonds is 4. The SMILES string of the molecule is Cc1ccc(CNC(=O)NCc2ccccc2Cl)cc1. The predicted octanol–water partition coefficient (Wildman–Crippen LogP) is 3.65. The van der Waals surface area contributed by atoms with Gasteiger partial charge in [0.1, 0.15) is 0 Å². The lowest BCUT2D eigenvalue weighted by Gasteiger charge is -2.09. The van der Waals surface area contributed by atoms with Crippen molar-refractivity contribution in [1.82, 2.24) is 10.6 Å². The lowest BCUT2D eigenvalue weighted by Crippen LogP contribution is -2.34. The van der Waals surface area contributed by atoms with Gasteiger partial charge in [-0.15, -0.1) is 0 Å². The molecular weight excluding hydrogens is 272 g/mol. The van der Waals surface area contributed by atoms with Gasteiger partial charge in [0.25, 0.3) is 0 Å². The summed E-state index contributed by atoms with van der Waals surface area (Å²) in [6.45, 7) is 2.96. The van der Waals surface area contributed by atoms with Crippen LogP contribution in [0.2, 0.25) is 5.02 Å². The molecule has 0 atom stereocenters. The van der Waals surface area contributed by atoms with Crippen LogP contribution in [0.3, 0.4) is 0 Å². The Hall–Kier alpha value is -2.00. The van der Waals surface area contributed by atoms with Gasteiger partial charge in [-0.3, -0.25) is 0 Å². The molecule has 20 heavy (non-hydrogen) atoms. The summed E-state index contributed by atoms with van der Waals surface area (Å²) in [6, 6.07) is 15.3. The molecule has 0 saturated carbocycles. The van der Waals surface area contributed by atoms with E-state index < -0.39 is 0 Å². The van der Waals surface area contributed by atoms with Crippen molar-refractivity contribution < 1.29 is 4.79 Å². The van der Waals surface area contributed by atoms with Crippen LogP contribution in [-0.4, -0.2) is 6.03 Å². The van der Waals surface area contributed by atoms with Crippen molar-refractivity contribution >= 4 is 17.6 Å². The summed E-state index contributed by atoms with van der Waals surface area (Å²) in [5.41, 5.74) is 3.18. The highest BCUT2D eigenvalue weighted by atomic mass is 35.5. The Balaban J connectivity index is 1.78. The molecule has 2 amide bonds. The van der Waals surface area contributed by atoms with Crippen LogP contribution in [0, 0.1) is 6.92 Å². The topological polar surface area (TPSA) is 41.1 Å². The van der Waals surface area contributed by atoms with Crippen molar-refractivity contribution in [2.24, 2.45) is 0 Å². The maximum Gasteiger partial charge on any atom is 0.315 e. The summed E-state index contributed by atoms with van der Waals surface area (Å²) in [5.74, 6) is 0. The third-order valence-electron chi connectivity index (χ3n) is 2.97. The van der Waals surface area contributed by atoms with Gasteiger partial charge in [0, 0.05) is 18.1 Å². The Bertz CT molecular complexity index is 581. The fraction of sp³-hybridized carbons (Fsp3) is 0.188. The van der Waals surface area contributed by atoms with Gasteiger partial charge in [0.15, 0.2) is 0 Å². The smallest absolute Gasteiger partial charge is 0.315 e. The molecule has 0 fully saturated rings. The average molecular weight is 289 g/mol. The fourth-order valence-corrected chi connectivity index (χ4v) is 1.97. The molecule has 0 spiro atoms. The van der Waals surface area contributed by atoms with Gasteiger partial charge in [0.05, 0.1) is 0 Å². The lowest BCUT2D eigenvalue weighted by atomic mass is 10.1. The summed E-state index contributed by atoms with van der Waals surface area (Å²) in [6.07, 6.45) is 0. The molecule has 2 aromatic rings. The highest BCUT2D eigenvalue weighted by Gasteiger charge is 2.03. The number of halogens is 1. The molecule has 0 aliphatic carbocycles. The standard InChI is InChI=1S/C16H17ClN2O/c1-12-6-8-13(9-7-12)10-18-16(20)19-11-14-4-2-3-5-15(14)17/h2-9H,10-11H2,1H3,(H2,18,19,20). The zero-order chi connectivity index (χ0) is 14.4. The molecule has 0 radical (unpaired) electrons. The van der Waals surface area contributed by atoms with Gasteiger partial charge in [-0.1, -0.05) is 59.6 Å². The number of hydrogen-bond acceptors (Lipinski definition) is 1. The van der Waals surface area contributed by atoms with E-state index in [1.807, 2.05) is 55.5 Å². The van der Waals surface area contributed by atoms with Crippen LogP contribution in [0.5, 0.6) is 0 Å². The van der Waals surface area contributed by atoms with E-state index in [9.17, 15) is 4.79 Å². The molecule has 4 heteroatoms. The second-order valence-electron chi connectivity index (χ2n) is 4.61. The van der Waals surface area contributed by atoms with Crippen LogP contribution in [0.15, 0.2) is 48.5 Å². The number of hydrogen-bond donors (Lipinski definition) is 2. The van der Waals surface area contributed by atoms with Crippen LogP contribution in [0.1, 0.15) is 16.7 Å². The van der Waals surface area contributed by atoms with E-state index in [0.717, 1.165) is 11.1 Å². The molecule has 3 nitrogen and oxygen atoms in total. The summed E-state index contributed by atoms with van der Waals surface area (Å²) in [7, 11) is 0. The minimum absolute atomic E-state index is 0.203. The van der Waals surface area contributed by atoms with E-state index in [2.05, 4.69) is 10.6 Å². The zero-order valence-electron chi connectivity index (χ0n) is 11.3. The largest absolute Gasteiger partial charge is 0.334 e. The number of amides is 2. The molecular formula is C16H17ClN2O. The molecule has 104 valence electrons. The molecule has 2 N–H and O–H groups in total. The lowest BCUT2D eigenvalue weighted by molar-refractivity contribution is 0.240. The predicted molar refractivity (Wildman–Crippen MR) is 81.7 cm³/mol. The zero-order valence-corrected chi connectivity index (χ0v) is 12.1. The van der Waals surface area contributed by atoms with Gasteiger partial charge < -0.3 is 10.6 Å². The molecule has 0 bridgehead atoms. The Kier molecular flexibility index (Phi) is 5.02. The van der Waals surface area contributed by atoms with Crippen LogP contribution >= 0.6 is 11.6 Å². The van der Waals surface area contributed by atoms with E-state index in [1.54, 1.807) is 0 Å². The minimum Gasteiger partial charge on any atom is -0.334 e. The van der Waals surface area contributed by atoms with Crippen LogP contribution in [0.4, 0.5) is 4.79 Å². The van der Waals surface area contributed by atoms with E-state index in [0.29, 0.717) is 18.1 Å². The Labute approximate surface area is 124 Å². The van der Waals surface area contributed by atoms with Crippen molar-refractivity contribution in [1.29, 1.82) is 0 Å². The van der Waals surface area contributed by atoms with Crippen molar-refractivity contribution in [3.63, 3.8) is 0 Å². The fourth-order valence-electron chi connectivity index (χ4n) is 1.77. The van der Waals surface area contributed by atoms with Crippen molar-refractivity contribution in [3.05, 3.63) is 70.2 Å². The molecule has 0 saturated heterocycles. The molecule has 2 aromatic carbocycles. The van der Waals surface area contributed by atoms with Gasteiger partial charge in [-0.25, -0.2) is 4.79 Å². The molecule has 2 rings (SSSR count). The Morgan fingerprint density at radius 2 is 1.65 bits per heavy atom. The van der Waals surface area contributed by atoms with Gasteiger partial charge in [-0.2, -0.15) is 0 Å². The van der Waals surface area contributed by atoms with E-state index in [1.165, 1.54) is 5.56 Å². The van der Waals surface area contributed by atoms with Gasteiger partial charge in [0.2, 0.25) is 0 Å². The summed E-state index contributed by atoms with van der Waals surface area (Å²) in [4.78, 5) is 11.7. The number of aryl methyl sites for hydroxylation is 1. The first-order valence-corrected chi connectivity index (χ1v) is 6.83. The van der Waals surface area contributed by atoms with Crippen LogP contribution in [0.25, 0.3) is 0 Å². The monoisotopic (exact) mass is 288 g/mol. The molecule has 0 heterocycles. The molecule has 0 aliphatic heterocycles. The number of nitrogens with one attached hydrogen (secondary N) is 2. The molecule has 0 unspecified atom stereocenters. The third-order valence-corrected chi connectivity index (χ3v) is 3.34. The number of benzene rings is 2. The van der Waals surface area contributed by atoms with Gasteiger partial charge in [-0.05, 0) is 24.1 Å². The molecule has 0 aromatic heterocycles. The number of urea groups is 1. The summed E-state index contributed by atoms with van der Waals surface area (Å²) in [5, 5.41) is 6.26. The highest BCUT2D eigenvalue weighted by Crippen LogP contribution is 2.14. The first-order chi connectivity index (χ1) is 9.65. The van der Waals surface area contributed by atoms with Gasteiger partial charge >= 0.3 is 6.03 Å². The van der Waals surface area contributed by atoms with Crippen LogP contribution in [-0.2, 0) is 13.1 Å². The third kappa shape index (κ3) is 4.28. The van der Waals surface area contributed by atoms with Crippen molar-refractivity contribution in [3.8, 4) is 0 Å². The highest BCUT2D eigenvalue weighted by molar-refractivity contribution is 6.31. The quantitative estimate of drug-likeness (QED) is 0.886. The maximum absolute atomic E-state index is 11.7. The van der Waals surface area contributed by atoms with E-state index in [-0.39, 0.29) is 6.03 Å². The van der Waals surface area contributed by atoms with Crippen molar-refractivity contribution in [2.45, 2.75) is 20.0 Å². The summed E-state index contributed by atoms with van der Waals surface area (Å²) < 4.78 is 0. The van der Waals surface area contributed by atoms with Crippen LogP contribution < -0.4 is 10.6 Å². The van der Waals surface area contributed by atoms with Crippen molar-refractivity contribution in [2.75, 3.05) is 0 Å².